The number of ether oxygens (including phenoxy) is 2. The van der Waals surface area contributed by atoms with Crippen LogP contribution in [0.1, 0.15) is 35.4 Å². The van der Waals surface area contributed by atoms with Crippen LogP contribution < -0.4 is 10.6 Å². The lowest BCUT2D eigenvalue weighted by atomic mass is 9.86. The van der Waals surface area contributed by atoms with Crippen molar-refractivity contribution >= 4 is 29.2 Å². The van der Waals surface area contributed by atoms with Gasteiger partial charge in [0.05, 0.1) is 18.8 Å². The van der Waals surface area contributed by atoms with Crippen LogP contribution in [0.2, 0.25) is 5.02 Å². The monoisotopic (exact) mass is 538 g/mol. The van der Waals surface area contributed by atoms with E-state index in [2.05, 4.69) is 26.5 Å². The molecule has 2 saturated heterocycles. The Hall–Kier alpha value is -2.91. The Balaban J connectivity index is 1.33. The first kappa shape index (κ1) is 26.7. The van der Waals surface area contributed by atoms with Crippen molar-refractivity contribution < 1.29 is 19.1 Å². The summed E-state index contributed by atoms with van der Waals surface area (Å²) in [5.74, 6) is -1.51. The summed E-state index contributed by atoms with van der Waals surface area (Å²) >= 11 is 5.99. The third-order valence-electron chi connectivity index (χ3n) is 7.35. The zero-order valence-corrected chi connectivity index (χ0v) is 22.3. The van der Waals surface area contributed by atoms with Crippen LogP contribution in [0.3, 0.4) is 0 Å². The van der Waals surface area contributed by atoms with E-state index >= 15 is 0 Å². The largest absolute Gasteiger partial charge is 0.464 e. The van der Waals surface area contributed by atoms with Crippen LogP contribution in [0.15, 0.2) is 54.2 Å². The minimum absolute atomic E-state index is 0.307. The van der Waals surface area contributed by atoms with E-state index < -0.39 is 11.9 Å². The van der Waals surface area contributed by atoms with Gasteiger partial charge in [-0.2, -0.15) is 0 Å². The highest BCUT2D eigenvalue weighted by atomic mass is 35.5. The molecule has 1 atom stereocenters. The molecule has 202 valence electrons. The van der Waals surface area contributed by atoms with Gasteiger partial charge in [0.1, 0.15) is 12.5 Å². The Bertz CT molecular complexity index is 1160. The van der Waals surface area contributed by atoms with Crippen LogP contribution in [-0.4, -0.2) is 74.2 Å². The van der Waals surface area contributed by atoms with Crippen LogP contribution in [0.4, 0.5) is 5.69 Å². The molecule has 2 aromatic carbocycles. The van der Waals surface area contributed by atoms with Crippen LogP contribution >= 0.6 is 11.6 Å². The van der Waals surface area contributed by atoms with Crippen molar-refractivity contribution in [2.45, 2.75) is 31.8 Å². The van der Waals surface area contributed by atoms with Crippen molar-refractivity contribution in [3.8, 4) is 0 Å². The number of amides is 1. The second kappa shape index (κ2) is 12.8. The normalized spacial score (nSPS) is 19.8. The molecule has 0 bridgehead atoms. The minimum Gasteiger partial charge on any atom is -0.464 e. The molecule has 1 unspecified atom stereocenters. The number of carbonyl (C=O) groups excluding carboxylic acids is 2. The highest BCUT2D eigenvalue weighted by Gasteiger charge is 2.35. The third kappa shape index (κ3) is 6.74. The first-order valence-electron chi connectivity index (χ1n) is 13.4. The van der Waals surface area contributed by atoms with Crippen LogP contribution in [-0.2, 0) is 32.2 Å². The minimum atomic E-state index is -0.806. The molecule has 0 aromatic heterocycles. The summed E-state index contributed by atoms with van der Waals surface area (Å²) in [5, 5.41) is 6.82. The Morgan fingerprint density at radius 2 is 1.74 bits per heavy atom. The van der Waals surface area contributed by atoms with Crippen molar-refractivity contribution in [2.24, 2.45) is 0 Å². The Kier molecular flexibility index (Phi) is 8.96. The number of benzene rings is 2. The number of halogens is 1. The summed E-state index contributed by atoms with van der Waals surface area (Å²) in [6.07, 6.45) is 4.00. The fourth-order valence-electron chi connectivity index (χ4n) is 5.21. The van der Waals surface area contributed by atoms with Gasteiger partial charge >= 0.3 is 5.97 Å². The number of hydrogen-bond acceptors (Lipinski definition) is 7. The molecule has 5 rings (SSSR count). The van der Waals surface area contributed by atoms with Gasteiger partial charge in [-0.1, -0.05) is 35.9 Å². The molecule has 38 heavy (non-hydrogen) atoms. The van der Waals surface area contributed by atoms with Gasteiger partial charge in [-0.15, -0.1) is 0 Å². The predicted molar refractivity (Wildman–Crippen MR) is 147 cm³/mol. The zero-order valence-electron chi connectivity index (χ0n) is 21.6. The summed E-state index contributed by atoms with van der Waals surface area (Å²) in [5.41, 5.74) is 3.93. The number of likely N-dealkylation sites (tertiary alicyclic amines) is 1. The molecule has 1 amide bonds. The Morgan fingerprint density at radius 3 is 2.50 bits per heavy atom. The molecular weight excluding hydrogens is 504 g/mol. The molecule has 2 fully saturated rings. The number of nitrogens with zero attached hydrogens (tertiary/aromatic N) is 2. The van der Waals surface area contributed by atoms with E-state index in [1.165, 1.54) is 12.8 Å². The smallest absolute Gasteiger partial charge is 0.318 e. The summed E-state index contributed by atoms with van der Waals surface area (Å²) in [4.78, 5) is 31.5. The molecule has 2 N–H and O–H groups in total. The second-order valence-electron chi connectivity index (χ2n) is 10.0. The van der Waals surface area contributed by atoms with E-state index in [0.29, 0.717) is 30.3 Å². The van der Waals surface area contributed by atoms with Gasteiger partial charge in [0.2, 0.25) is 5.91 Å². The van der Waals surface area contributed by atoms with Gasteiger partial charge in [-0.25, -0.2) is 0 Å². The van der Waals surface area contributed by atoms with Crippen LogP contribution in [0.5, 0.6) is 0 Å². The summed E-state index contributed by atoms with van der Waals surface area (Å²) < 4.78 is 11.3. The predicted octanol–water partition coefficient (Wildman–Crippen LogP) is 3.52. The lowest BCUT2D eigenvalue weighted by Crippen LogP contribution is -2.36. The van der Waals surface area contributed by atoms with E-state index in [1.807, 2.05) is 24.3 Å². The standard InChI is InChI=1S/C29H35ClN4O4/c30-23-6-3-21(4-7-23)18-32-28(35)25-19-31-26-8-5-22(20-34-11-14-37-15-12-34)17-24(26)27(25)29(36)38-16-13-33-9-1-2-10-33/h3-8,17,19,27,31H,1-2,9-16,18,20H2,(H,32,35). The first-order chi connectivity index (χ1) is 18.6. The summed E-state index contributed by atoms with van der Waals surface area (Å²) in [6.45, 7) is 7.37. The van der Waals surface area contributed by atoms with E-state index in [0.717, 1.165) is 68.3 Å². The van der Waals surface area contributed by atoms with Crippen LogP contribution in [0, 0.1) is 0 Å². The van der Waals surface area contributed by atoms with Gasteiger partial charge < -0.3 is 20.1 Å². The molecule has 0 radical (unpaired) electrons. The number of fused-ring (bicyclic) bond motifs is 1. The maximum absolute atomic E-state index is 13.5. The summed E-state index contributed by atoms with van der Waals surface area (Å²) in [7, 11) is 0. The van der Waals surface area contributed by atoms with E-state index in [9.17, 15) is 9.59 Å². The van der Waals surface area contributed by atoms with Gasteiger partial charge in [0.15, 0.2) is 0 Å². The lowest BCUT2D eigenvalue weighted by Gasteiger charge is -2.29. The van der Waals surface area contributed by atoms with E-state index in [-0.39, 0.29) is 5.91 Å². The quantitative estimate of drug-likeness (QED) is 0.473. The van der Waals surface area contributed by atoms with E-state index in [4.69, 9.17) is 21.1 Å². The highest BCUT2D eigenvalue weighted by Crippen LogP contribution is 2.36. The third-order valence-corrected chi connectivity index (χ3v) is 7.60. The number of esters is 1. The molecule has 3 heterocycles. The van der Waals surface area contributed by atoms with Gasteiger partial charge in [0, 0.05) is 49.6 Å². The average molecular weight is 539 g/mol. The molecule has 0 aliphatic carbocycles. The van der Waals surface area contributed by atoms with Crippen molar-refractivity contribution in [1.29, 1.82) is 0 Å². The molecule has 3 aliphatic heterocycles. The van der Waals surface area contributed by atoms with Crippen molar-refractivity contribution in [3.63, 3.8) is 0 Å². The fraction of sp³-hybridized carbons (Fsp3) is 0.448. The van der Waals surface area contributed by atoms with Crippen molar-refractivity contribution in [2.75, 3.05) is 57.9 Å². The topological polar surface area (TPSA) is 83.1 Å². The molecule has 3 aliphatic rings. The first-order valence-corrected chi connectivity index (χ1v) is 13.8. The van der Waals surface area contributed by atoms with Crippen molar-refractivity contribution in [1.82, 2.24) is 15.1 Å². The Labute approximate surface area is 228 Å². The molecule has 2 aromatic rings. The molecule has 9 heteroatoms. The average Bonchev–Trinajstić information content (AvgIpc) is 3.46. The van der Waals surface area contributed by atoms with E-state index in [1.54, 1.807) is 18.3 Å². The maximum Gasteiger partial charge on any atom is 0.318 e. The second-order valence-corrected chi connectivity index (χ2v) is 10.4. The number of hydrogen-bond donors (Lipinski definition) is 2. The molecular formula is C29H35ClN4O4. The van der Waals surface area contributed by atoms with Gasteiger partial charge in [-0.3, -0.25) is 19.4 Å². The SMILES string of the molecule is O=C(NCc1ccc(Cl)cc1)C1=CNc2ccc(CN3CCOCC3)cc2C1C(=O)OCCN1CCCC1. The number of nitrogens with one attached hydrogen (secondary N) is 2. The number of rotatable bonds is 9. The molecule has 8 nitrogen and oxygen atoms in total. The number of carbonyl (C=O) groups is 2. The Morgan fingerprint density at radius 1 is 1.00 bits per heavy atom. The number of morpholine rings is 1. The molecule has 0 spiro atoms. The van der Waals surface area contributed by atoms with Gasteiger partial charge in [-0.05, 0) is 60.8 Å². The lowest BCUT2D eigenvalue weighted by molar-refractivity contribution is -0.145. The van der Waals surface area contributed by atoms with Gasteiger partial charge in [0.25, 0.3) is 0 Å². The fourth-order valence-corrected chi connectivity index (χ4v) is 5.33. The maximum atomic E-state index is 13.5. The van der Waals surface area contributed by atoms with Crippen molar-refractivity contribution in [3.05, 3.63) is 76.0 Å². The molecule has 0 saturated carbocycles. The van der Waals surface area contributed by atoms with Crippen LogP contribution in [0.25, 0.3) is 0 Å². The highest BCUT2D eigenvalue weighted by molar-refractivity contribution is 6.30. The summed E-state index contributed by atoms with van der Waals surface area (Å²) in [6, 6.07) is 13.4. The number of anilines is 1. The zero-order chi connectivity index (χ0) is 26.3.